The van der Waals surface area contributed by atoms with E-state index in [1.165, 1.54) is 10.9 Å². The number of furan rings is 1. The molecule has 0 saturated carbocycles. The molecule has 0 fully saturated rings. The molecule has 0 aliphatic heterocycles. The number of esters is 1. The topological polar surface area (TPSA) is 74.3 Å². The molecule has 0 unspecified atom stereocenters. The van der Waals surface area contributed by atoms with Gasteiger partial charge in [0, 0.05) is 0 Å². The summed E-state index contributed by atoms with van der Waals surface area (Å²) in [6.45, 7) is 5.92. The Balaban J connectivity index is 2.14. The minimum atomic E-state index is -0.568. The van der Waals surface area contributed by atoms with Crippen molar-refractivity contribution in [2.45, 2.75) is 27.3 Å². The van der Waals surface area contributed by atoms with Crippen molar-refractivity contribution < 1.29 is 13.9 Å². The van der Waals surface area contributed by atoms with Crippen molar-refractivity contribution in [1.82, 2.24) is 9.55 Å². The monoisotopic (exact) mass is 326 g/mol. The molecule has 6 heteroatoms. The van der Waals surface area contributed by atoms with Crippen LogP contribution >= 0.6 is 0 Å². The van der Waals surface area contributed by atoms with E-state index >= 15 is 0 Å². The number of fused-ring (bicyclic) bond motifs is 1. The van der Waals surface area contributed by atoms with Crippen LogP contribution in [0.15, 0.2) is 39.8 Å². The first-order chi connectivity index (χ1) is 11.5. The number of nitrogens with zero attached hydrogens (tertiary/aromatic N) is 2. The molecule has 0 amide bonds. The Labute approximate surface area is 138 Å². The van der Waals surface area contributed by atoms with Crippen molar-refractivity contribution in [2.24, 2.45) is 0 Å². The molecule has 2 heterocycles. The highest BCUT2D eigenvalue weighted by molar-refractivity contribution is 6.03. The van der Waals surface area contributed by atoms with Crippen molar-refractivity contribution in [1.29, 1.82) is 0 Å². The minimum absolute atomic E-state index is 0.154. The zero-order valence-corrected chi connectivity index (χ0v) is 13.8. The molecule has 24 heavy (non-hydrogen) atoms. The summed E-state index contributed by atoms with van der Waals surface area (Å²) in [5.74, 6) is -0.233. The Bertz CT molecular complexity index is 969. The van der Waals surface area contributed by atoms with Gasteiger partial charge < -0.3 is 9.15 Å². The lowest BCUT2D eigenvalue weighted by Gasteiger charge is -2.08. The van der Waals surface area contributed by atoms with Crippen molar-refractivity contribution in [3.63, 3.8) is 0 Å². The summed E-state index contributed by atoms with van der Waals surface area (Å²) >= 11 is 0. The van der Waals surface area contributed by atoms with Crippen molar-refractivity contribution >= 4 is 17.1 Å². The van der Waals surface area contributed by atoms with Gasteiger partial charge in [0.15, 0.2) is 0 Å². The van der Waals surface area contributed by atoms with E-state index < -0.39 is 5.97 Å². The number of carbonyl (C=O) groups is 1. The number of ether oxygens (including phenoxy) is 1. The van der Waals surface area contributed by atoms with Crippen LogP contribution in [0.1, 0.15) is 34.2 Å². The molecular weight excluding hydrogens is 308 g/mol. The maximum atomic E-state index is 12.8. The van der Waals surface area contributed by atoms with Gasteiger partial charge in [-0.05, 0) is 31.9 Å². The number of hydrogen-bond acceptors (Lipinski definition) is 5. The number of hydrogen-bond donors (Lipinski definition) is 0. The van der Waals surface area contributed by atoms with Gasteiger partial charge in [-0.2, -0.15) is 0 Å². The minimum Gasteiger partial charge on any atom is -0.462 e. The fourth-order valence-corrected chi connectivity index (χ4v) is 2.67. The van der Waals surface area contributed by atoms with Crippen LogP contribution in [0.2, 0.25) is 0 Å². The van der Waals surface area contributed by atoms with E-state index in [2.05, 4.69) is 4.98 Å². The van der Waals surface area contributed by atoms with Crippen molar-refractivity contribution in [2.75, 3.05) is 6.61 Å². The van der Waals surface area contributed by atoms with Crippen LogP contribution in [0.5, 0.6) is 0 Å². The first kappa shape index (κ1) is 16.0. The Kier molecular flexibility index (Phi) is 4.20. The van der Waals surface area contributed by atoms with Crippen molar-refractivity contribution in [3.8, 4) is 0 Å². The third-order valence-electron chi connectivity index (χ3n) is 3.94. The lowest BCUT2D eigenvalue weighted by atomic mass is 10.1. The number of carbonyl (C=O) groups excluding carboxylic acids is 1. The molecule has 0 aliphatic carbocycles. The van der Waals surface area contributed by atoms with Crippen LogP contribution in [0, 0.1) is 13.8 Å². The molecule has 3 aromatic rings. The summed E-state index contributed by atoms with van der Waals surface area (Å²) in [4.78, 5) is 29.2. The van der Waals surface area contributed by atoms with E-state index in [0.717, 1.165) is 11.1 Å². The standard InChI is InChI=1S/C18H18N2O4/c1-4-23-18(22)14-12(3)24-16-15(14)17(21)20(10-19-16)9-13-8-6-5-7-11(13)2/h5-8,10H,4,9H2,1-3H3. The van der Waals surface area contributed by atoms with Gasteiger partial charge in [-0.1, -0.05) is 24.3 Å². The van der Waals surface area contributed by atoms with Gasteiger partial charge in [0.2, 0.25) is 5.71 Å². The summed E-state index contributed by atoms with van der Waals surface area (Å²) in [6.07, 6.45) is 1.44. The van der Waals surface area contributed by atoms with Crippen LogP contribution in [0.4, 0.5) is 0 Å². The Morgan fingerprint density at radius 3 is 2.75 bits per heavy atom. The average molecular weight is 326 g/mol. The fourth-order valence-electron chi connectivity index (χ4n) is 2.67. The Morgan fingerprint density at radius 1 is 1.29 bits per heavy atom. The predicted octanol–water partition coefficient (Wildman–Crippen LogP) is 2.83. The molecule has 0 spiro atoms. The molecule has 0 bridgehead atoms. The van der Waals surface area contributed by atoms with Gasteiger partial charge in [-0.15, -0.1) is 0 Å². The average Bonchev–Trinajstić information content (AvgIpc) is 2.89. The lowest BCUT2D eigenvalue weighted by molar-refractivity contribution is 0.0526. The first-order valence-electron chi connectivity index (χ1n) is 7.73. The van der Waals surface area contributed by atoms with E-state index in [1.807, 2.05) is 31.2 Å². The SMILES string of the molecule is CCOC(=O)c1c(C)oc2ncn(Cc3ccccc3C)c(=O)c12. The zero-order valence-electron chi connectivity index (χ0n) is 13.8. The largest absolute Gasteiger partial charge is 0.462 e. The van der Waals surface area contributed by atoms with Crippen LogP contribution in [-0.2, 0) is 11.3 Å². The maximum Gasteiger partial charge on any atom is 0.342 e. The summed E-state index contributed by atoms with van der Waals surface area (Å²) < 4.78 is 12.0. The van der Waals surface area contributed by atoms with Crippen LogP contribution in [-0.4, -0.2) is 22.1 Å². The molecule has 124 valence electrons. The lowest BCUT2D eigenvalue weighted by Crippen LogP contribution is -2.22. The van der Waals surface area contributed by atoms with E-state index in [9.17, 15) is 9.59 Å². The molecule has 0 saturated heterocycles. The van der Waals surface area contributed by atoms with Crippen LogP contribution in [0.25, 0.3) is 11.1 Å². The highest BCUT2D eigenvalue weighted by atomic mass is 16.5. The molecule has 2 aromatic heterocycles. The number of aryl methyl sites for hydroxylation is 2. The second-order valence-electron chi connectivity index (χ2n) is 5.54. The quantitative estimate of drug-likeness (QED) is 0.689. The van der Waals surface area contributed by atoms with Gasteiger partial charge in [-0.3, -0.25) is 9.36 Å². The second kappa shape index (κ2) is 6.31. The maximum absolute atomic E-state index is 12.8. The first-order valence-corrected chi connectivity index (χ1v) is 7.73. The number of rotatable bonds is 4. The third-order valence-corrected chi connectivity index (χ3v) is 3.94. The highest BCUT2D eigenvalue weighted by Crippen LogP contribution is 2.22. The number of benzene rings is 1. The summed E-state index contributed by atoms with van der Waals surface area (Å²) in [5, 5.41) is 0.169. The van der Waals surface area contributed by atoms with E-state index in [4.69, 9.17) is 9.15 Å². The second-order valence-corrected chi connectivity index (χ2v) is 5.54. The predicted molar refractivity (Wildman–Crippen MR) is 89.2 cm³/mol. The molecule has 0 radical (unpaired) electrons. The summed E-state index contributed by atoms with van der Waals surface area (Å²) in [6, 6.07) is 7.81. The molecule has 0 N–H and O–H groups in total. The number of aromatic nitrogens is 2. The molecule has 6 nitrogen and oxygen atoms in total. The molecule has 0 aliphatic rings. The van der Waals surface area contributed by atoms with Crippen molar-refractivity contribution in [3.05, 3.63) is 63.4 Å². The van der Waals surface area contributed by atoms with E-state index in [-0.39, 0.29) is 28.8 Å². The molecular formula is C18H18N2O4. The van der Waals surface area contributed by atoms with Gasteiger partial charge in [0.25, 0.3) is 5.56 Å². The van der Waals surface area contributed by atoms with E-state index in [0.29, 0.717) is 12.3 Å². The molecule has 3 rings (SSSR count). The van der Waals surface area contributed by atoms with Crippen LogP contribution < -0.4 is 5.56 Å². The van der Waals surface area contributed by atoms with Gasteiger partial charge in [0.1, 0.15) is 23.0 Å². The Hall–Kier alpha value is -2.89. The fraction of sp³-hybridized carbons (Fsp3) is 0.278. The molecule has 1 aromatic carbocycles. The third kappa shape index (κ3) is 2.71. The van der Waals surface area contributed by atoms with Gasteiger partial charge >= 0.3 is 5.97 Å². The van der Waals surface area contributed by atoms with Crippen LogP contribution in [0.3, 0.4) is 0 Å². The summed E-state index contributed by atoms with van der Waals surface area (Å²) in [7, 11) is 0. The van der Waals surface area contributed by atoms with Gasteiger partial charge in [0.05, 0.1) is 13.2 Å². The highest BCUT2D eigenvalue weighted by Gasteiger charge is 2.23. The van der Waals surface area contributed by atoms with Gasteiger partial charge in [-0.25, -0.2) is 9.78 Å². The molecule has 0 atom stereocenters. The smallest absolute Gasteiger partial charge is 0.342 e. The zero-order chi connectivity index (χ0) is 17.3. The normalized spacial score (nSPS) is 11.0. The summed E-state index contributed by atoms with van der Waals surface area (Å²) in [5.41, 5.74) is 2.09. The Morgan fingerprint density at radius 2 is 2.04 bits per heavy atom. The van der Waals surface area contributed by atoms with E-state index in [1.54, 1.807) is 13.8 Å².